The smallest absolute Gasteiger partial charge is 0.305 e. The molecule has 226 valence electrons. The van der Waals surface area contributed by atoms with Crippen molar-refractivity contribution in [2.45, 2.75) is 89.4 Å². The van der Waals surface area contributed by atoms with Crippen LogP contribution in [0.5, 0.6) is 0 Å². The number of aliphatic carboxylic acids is 1. The van der Waals surface area contributed by atoms with Gasteiger partial charge >= 0.3 is 5.97 Å². The molecule has 0 saturated carbocycles. The molecular formula is C27H44N4O9. The quantitative estimate of drug-likeness (QED) is 0.109. The second-order valence-corrected chi connectivity index (χ2v) is 10.7. The Morgan fingerprint density at radius 3 is 1.88 bits per heavy atom. The van der Waals surface area contributed by atoms with E-state index in [0.29, 0.717) is 12.0 Å². The minimum Gasteiger partial charge on any atom is -0.481 e. The van der Waals surface area contributed by atoms with Crippen LogP contribution >= 0.6 is 0 Å². The van der Waals surface area contributed by atoms with Crippen molar-refractivity contribution in [3.05, 3.63) is 35.9 Å². The lowest BCUT2D eigenvalue weighted by Gasteiger charge is -2.31. The van der Waals surface area contributed by atoms with Crippen molar-refractivity contribution in [3.8, 4) is 0 Å². The van der Waals surface area contributed by atoms with Crippen molar-refractivity contribution in [2.75, 3.05) is 6.61 Å². The predicted octanol–water partition coefficient (Wildman–Crippen LogP) is -1.22. The summed E-state index contributed by atoms with van der Waals surface area (Å²) in [5.41, 5.74) is 6.35. The number of rotatable bonds is 17. The largest absolute Gasteiger partial charge is 0.481 e. The number of aliphatic hydroxyl groups excluding tert-OH is 4. The van der Waals surface area contributed by atoms with Crippen LogP contribution in [0.15, 0.2) is 30.3 Å². The van der Waals surface area contributed by atoms with Crippen LogP contribution in [0.25, 0.3) is 0 Å². The summed E-state index contributed by atoms with van der Waals surface area (Å²) in [6.45, 7) is 6.56. The number of carboxylic acid groups (broad SMARTS) is 1. The molecule has 0 radical (unpaired) electrons. The summed E-state index contributed by atoms with van der Waals surface area (Å²) in [4.78, 5) is 49.4. The molecule has 0 aliphatic heterocycles. The number of hydrogen-bond donors (Lipinski definition) is 9. The monoisotopic (exact) mass is 568 g/mol. The third-order valence-corrected chi connectivity index (χ3v) is 6.18. The van der Waals surface area contributed by atoms with Crippen LogP contribution < -0.4 is 21.7 Å². The number of aliphatic hydroxyl groups is 4. The molecule has 1 aromatic carbocycles. The molecular weight excluding hydrogens is 524 g/mol. The number of benzene rings is 1. The second-order valence-electron chi connectivity index (χ2n) is 10.7. The van der Waals surface area contributed by atoms with Crippen LogP contribution in [-0.2, 0) is 19.2 Å². The van der Waals surface area contributed by atoms with Gasteiger partial charge in [-0.15, -0.1) is 0 Å². The highest BCUT2D eigenvalue weighted by atomic mass is 16.4. The van der Waals surface area contributed by atoms with E-state index in [1.165, 1.54) is 0 Å². The van der Waals surface area contributed by atoms with E-state index in [9.17, 15) is 44.7 Å². The Bertz CT molecular complexity index is 961. The van der Waals surface area contributed by atoms with Gasteiger partial charge in [0, 0.05) is 0 Å². The molecule has 7 unspecified atom stereocenters. The summed E-state index contributed by atoms with van der Waals surface area (Å²) in [6.07, 6.45) is -6.33. The molecule has 0 bridgehead atoms. The van der Waals surface area contributed by atoms with Gasteiger partial charge in [-0.1, -0.05) is 58.0 Å². The van der Waals surface area contributed by atoms with Crippen LogP contribution in [0.2, 0.25) is 0 Å². The zero-order valence-corrected chi connectivity index (χ0v) is 23.4. The first-order valence-electron chi connectivity index (χ1n) is 13.3. The molecule has 3 amide bonds. The molecule has 1 rings (SSSR count). The molecule has 13 nitrogen and oxygen atoms in total. The minimum atomic E-state index is -2.24. The molecule has 40 heavy (non-hydrogen) atoms. The Morgan fingerprint density at radius 1 is 0.800 bits per heavy atom. The van der Waals surface area contributed by atoms with E-state index >= 15 is 0 Å². The number of carbonyl (C=O) groups excluding carboxylic acids is 3. The van der Waals surface area contributed by atoms with E-state index in [-0.39, 0.29) is 18.3 Å². The molecule has 7 atom stereocenters. The fourth-order valence-electron chi connectivity index (χ4n) is 4.07. The molecule has 0 saturated heterocycles. The van der Waals surface area contributed by atoms with Gasteiger partial charge in [0.15, 0.2) is 6.10 Å². The molecule has 0 heterocycles. The standard InChI is InChI=1S/C27H44N4O9/c1-14(2)10-17(28)25(38)30-19(11-15(3)4)26(39)31-20(13-32)22(35)23(36)24(37)27(40)29-18(12-21(33)34)16-8-6-5-7-9-16/h5-9,14-15,17-20,22-24,32,35-37H,10-13,28H2,1-4H3,(H,29,40)(H,30,38)(H,31,39)(H,33,34). The zero-order valence-electron chi connectivity index (χ0n) is 23.4. The third-order valence-electron chi connectivity index (χ3n) is 6.18. The number of carboxylic acids is 1. The van der Waals surface area contributed by atoms with E-state index < -0.39 is 79.2 Å². The molecule has 1 aromatic rings. The number of nitrogens with one attached hydrogen (secondary N) is 3. The lowest BCUT2D eigenvalue weighted by atomic mass is 9.97. The lowest BCUT2D eigenvalue weighted by molar-refractivity contribution is -0.145. The van der Waals surface area contributed by atoms with Gasteiger partial charge in [-0.25, -0.2) is 0 Å². The van der Waals surface area contributed by atoms with Gasteiger partial charge in [-0.3, -0.25) is 19.2 Å². The van der Waals surface area contributed by atoms with Crippen molar-refractivity contribution in [3.63, 3.8) is 0 Å². The zero-order chi connectivity index (χ0) is 30.6. The van der Waals surface area contributed by atoms with Crippen molar-refractivity contribution >= 4 is 23.7 Å². The van der Waals surface area contributed by atoms with Gasteiger partial charge in [0.2, 0.25) is 11.8 Å². The van der Waals surface area contributed by atoms with E-state index in [1.54, 1.807) is 30.3 Å². The normalized spacial score (nSPS) is 16.8. The van der Waals surface area contributed by atoms with Crippen molar-refractivity contribution in [1.29, 1.82) is 0 Å². The highest BCUT2D eigenvalue weighted by Gasteiger charge is 2.37. The number of amides is 3. The van der Waals surface area contributed by atoms with E-state index in [4.69, 9.17) is 5.73 Å². The first-order valence-corrected chi connectivity index (χ1v) is 13.3. The Labute approximate surface area is 234 Å². The predicted molar refractivity (Wildman–Crippen MR) is 145 cm³/mol. The van der Waals surface area contributed by atoms with E-state index in [1.807, 2.05) is 27.7 Å². The summed E-state index contributed by atoms with van der Waals surface area (Å²) in [5.74, 6) is -3.60. The van der Waals surface area contributed by atoms with Gasteiger partial charge in [-0.05, 0) is 30.2 Å². The van der Waals surface area contributed by atoms with Crippen LogP contribution in [0.1, 0.15) is 58.6 Å². The van der Waals surface area contributed by atoms with Gasteiger partial charge in [-0.2, -0.15) is 0 Å². The number of carbonyl (C=O) groups is 4. The lowest BCUT2D eigenvalue weighted by Crippen LogP contribution is -2.60. The minimum absolute atomic E-state index is 0.0330. The van der Waals surface area contributed by atoms with Crippen LogP contribution in [0.3, 0.4) is 0 Å². The summed E-state index contributed by atoms with van der Waals surface area (Å²) in [5, 5.41) is 57.8. The highest BCUT2D eigenvalue weighted by molar-refractivity contribution is 5.90. The fraction of sp³-hybridized carbons (Fsp3) is 0.630. The summed E-state index contributed by atoms with van der Waals surface area (Å²) in [6, 6.07) is 3.62. The van der Waals surface area contributed by atoms with Gasteiger partial charge < -0.3 is 47.2 Å². The first kappa shape index (κ1) is 34.9. The molecule has 0 aromatic heterocycles. The second kappa shape index (κ2) is 16.9. The average molecular weight is 569 g/mol. The molecule has 0 aliphatic carbocycles. The molecule has 0 fully saturated rings. The summed E-state index contributed by atoms with van der Waals surface area (Å²) >= 11 is 0. The van der Waals surface area contributed by atoms with Crippen LogP contribution in [-0.4, -0.2) is 92.3 Å². The Hall–Kier alpha value is -3.10. The van der Waals surface area contributed by atoms with Crippen LogP contribution in [0, 0.1) is 11.8 Å². The molecule has 13 heteroatoms. The summed E-state index contributed by atoms with van der Waals surface area (Å²) < 4.78 is 0. The van der Waals surface area contributed by atoms with E-state index in [0.717, 1.165) is 0 Å². The van der Waals surface area contributed by atoms with Crippen molar-refractivity contribution in [1.82, 2.24) is 16.0 Å². The highest BCUT2D eigenvalue weighted by Crippen LogP contribution is 2.18. The molecule has 0 spiro atoms. The summed E-state index contributed by atoms with van der Waals surface area (Å²) in [7, 11) is 0. The van der Waals surface area contributed by atoms with Gasteiger partial charge in [0.25, 0.3) is 5.91 Å². The van der Waals surface area contributed by atoms with Gasteiger partial charge in [0.1, 0.15) is 18.2 Å². The van der Waals surface area contributed by atoms with Crippen molar-refractivity contribution < 1.29 is 44.7 Å². The fourth-order valence-corrected chi connectivity index (χ4v) is 4.07. The Kier molecular flexibility index (Phi) is 14.7. The van der Waals surface area contributed by atoms with Gasteiger partial charge in [0.05, 0.1) is 31.2 Å². The molecule has 10 N–H and O–H groups in total. The average Bonchev–Trinajstić information content (AvgIpc) is 2.88. The van der Waals surface area contributed by atoms with Crippen molar-refractivity contribution in [2.24, 2.45) is 17.6 Å². The molecule has 0 aliphatic rings. The third kappa shape index (κ3) is 11.6. The van der Waals surface area contributed by atoms with Crippen LogP contribution in [0.4, 0.5) is 0 Å². The van der Waals surface area contributed by atoms with E-state index in [2.05, 4.69) is 16.0 Å². The maximum absolute atomic E-state index is 13.0. The Morgan fingerprint density at radius 2 is 1.38 bits per heavy atom. The number of nitrogens with two attached hydrogens (primary N) is 1. The topological polar surface area (TPSA) is 232 Å². The maximum atomic E-state index is 13.0. The first-order chi connectivity index (χ1) is 18.7. The SMILES string of the molecule is CC(C)CC(N)C(=O)NC(CC(C)C)C(=O)NC(CO)C(O)C(O)C(O)C(=O)NC(CC(=O)O)c1ccccc1. The number of hydrogen-bond acceptors (Lipinski definition) is 9. The maximum Gasteiger partial charge on any atom is 0.305 e. The Balaban J connectivity index is 2.94.